The Balaban J connectivity index is 2.06. The Hall–Kier alpha value is -1.68. The largest absolute Gasteiger partial charge is 0.307 e. The summed E-state index contributed by atoms with van der Waals surface area (Å²) in [6, 6.07) is 10.6. The molecule has 0 saturated carbocycles. The third-order valence-corrected chi connectivity index (χ3v) is 3.24. The summed E-state index contributed by atoms with van der Waals surface area (Å²) >= 11 is 0. The number of aromatic nitrogens is 3. The molecular weight excluding hydrogens is 212 g/mol. The van der Waals surface area contributed by atoms with Gasteiger partial charge in [0.1, 0.15) is 5.82 Å². The number of para-hydroxylation sites is 1. The normalized spacial score (nSPS) is 19.7. The van der Waals surface area contributed by atoms with Crippen LogP contribution in [0.3, 0.4) is 0 Å². The maximum Gasteiger partial charge on any atom is 0.154 e. The second kappa shape index (κ2) is 4.30. The molecule has 0 spiro atoms. The van der Waals surface area contributed by atoms with E-state index in [0.29, 0.717) is 6.04 Å². The molecule has 0 amide bonds. The van der Waals surface area contributed by atoms with E-state index in [1.54, 1.807) is 0 Å². The van der Waals surface area contributed by atoms with Crippen molar-refractivity contribution in [1.82, 2.24) is 20.1 Å². The summed E-state index contributed by atoms with van der Waals surface area (Å²) in [5, 5.41) is 12.0. The van der Waals surface area contributed by atoms with Crippen LogP contribution >= 0.6 is 0 Å². The number of nitrogens with zero attached hydrogens (tertiary/aromatic N) is 3. The lowest BCUT2D eigenvalue weighted by molar-refractivity contribution is 0.591. The summed E-state index contributed by atoms with van der Waals surface area (Å²) in [6.45, 7) is 3.07. The molecule has 1 atom stereocenters. The smallest absolute Gasteiger partial charge is 0.154 e. The third kappa shape index (κ3) is 1.85. The van der Waals surface area contributed by atoms with Crippen LogP contribution in [0.1, 0.15) is 30.5 Å². The van der Waals surface area contributed by atoms with Crippen molar-refractivity contribution in [3.8, 4) is 5.69 Å². The minimum absolute atomic E-state index is 0.344. The fraction of sp³-hybridized carbons (Fsp3) is 0.385. The van der Waals surface area contributed by atoms with Crippen molar-refractivity contribution in [2.45, 2.75) is 25.8 Å². The number of nitrogens with one attached hydrogen (secondary N) is 1. The van der Waals surface area contributed by atoms with E-state index in [9.17, 15) is 0 Å². The Kier molecular flexibility index (Phi) is 2.65. The predicted molar refractivity (Wildman–Crippen MR) is 66.1 cm³/mol. The second-order valence-electron chi connectivity index (χ2n) is 4.43. The Morgan fingerprint density at radius 3 is 2.76 bits per heavy atom. The summed E-state index contributed by atoms with van der Waals surface area (Å²) < 4.78 is 2.14. The molecule has 1 saturated heterocycles. The maximum atomic E-state index is 4.32. The minimum Gasteiger partial charge on any atom is -0.307 e. The van der Waals surface area contributed by atoms with Crippen molar-refractivity contribution in [2.75, 3.05) is 6.54 Å². The molecular formula is C13H16N4. The van der Waals surface area contributed by atoms with Crippen molar-refractivity contribution in [3.63, 3.8) is 0 Å². The molecule has 1 aliphatic rings. The summed E-state index contributed by atoms with van der Waals surface area (Å²) in [7, 11) is 0. The highest BCUT2D eigenvalue weighted by atomic mass is 15.3. The topological polar surface area (TPSA) is 42.7 Å². The van der Waals surface area contributed by atoms with Gasteiger partial charge in [0.25, 0.3) is 0 Å². The zero-order valence-corrected chi connectivity index (χ0v) is 9.93. The number of hydrogen-bond acceptors (Lipinski definition) is 3. The average Bonchev–Trinajstić information content (AvgIpc) is 2.98. The summed E-state index contributed by atoms with van der Waals surface area (Å²) in [4.78, 5) is 0. The Bertz CT molecular complexity index is 497. The van der Waals surface area contributed by atoms with E-state index in [2.05, 4.69) is 32.2 Å². The van der Waals surface area contributed by atoms with Crippen LogP contribution in [0.4, 0.5) is 0 Å². The molecule has 0 bridgehead atoms. The SMILES string of the molecule is Cc1nnc(C2CCCN2)n1-c1ccccc1. The van der Waals surface area contributed by atoms with Gasteiger partial charge in [-0.25, -0.2) is 0 Å². The van der Waals surface area contributed by atoms with Gasteiger partial charge in [0.2, 0.25) is 0 Å². The number of hydrogen-bond donors (Lipinski definition) is 1. The third-order valence-electron chi connectivity index (χ3n) is 3.24. The molecule has 1 N–H and O–H groups in total. The van der Waals surface area contributed by atoms with Crippen LogP contribution in [0.2, 0.25) is 0 Å². The van der Waals surface area contributed by atoms with E-state index < -0.39 is 0 Å². The molecule has 1 aromatic carbocycles. The quantitative estimate of drug-likeness (QED) is 0.855. The lowest BCUT2D eigenvalue weighted by Gasteiger charge is -2.13. The van der Waals surface area contributed by atoms with Crippen LogP contribution in [-0.4, -0.2) is 21.3 Å². The molecule has 2 heterocycles. The highest BCUT2D eigenvalue weighted by Crippen LogP contribution is 2.24. The molecule has 2 aromatic rings. The van der Waals surface area contributed by atoms with Crippen molar-refractivity contribution in [3.05, 3.63) is 42.0 Å². The van der Waals surface area contributed by atoms with E-state index >= 15 is 0 Å². The first-order chi connectivity index (χ1) is 8.36. The molecule has 4 nitrogen and oxygen atoms in total. The Morgan fingerprint density at radius 2 is 2.06 bits per heavy atom. The summed E-state index contributed by atoms with van der Waals surface area (Å²) in [5.41, 5.74) is 1.14. The molecule has 17 heavy (non-hydrogen) atoms. The highest BCUT2D eigenvalue weighted by molar-refractivity contribution is 5.34. The van der Waals surface area contributed by atoms with Crippen LogP contribution in [0.25, 0.3) is 5.69 Å². The van der Waals surface area contributed by atoms with Gasteiger partial charge in [-0.05, 0) is 38.4 Å². The molecule has 1 aromatic heterocycles. The molecule has 1 aliphatic heterocycles. The van der Waals surface area contributed by atoms with Crippen LogP contribution in [0.5, 0.6) is 0 Å². The molecule has 1 fully saturated rings. The van der Waals surface area contributed by atoms with E-state index in [1.807, 2.05) is 25.1 Å². The lowest BCUT2D eigenvalue weighted by atomic mass is 10.2. The van der Waals surface area contributed by atoms with Gasteiger partial charge in [0.05, 0.1) is 6.04 Å². The van der Waals surface area contributed by atoms with Gasteiger partial charge in [-0.1, -0.05) is 18.2 Å². The van der Waals surface area contributed by atoms with Crippen LogP contribution in [0.15, 0.2) is 30.3 Å². The fourth-order valence-electron chi connectivity index (χ4n) is 2.41. The predicted octanol–water partition coefficient (Wildman–Crippen LogP) is 2.00. The zero-order chi connectivity index (χ0) is 11.7. The van der Waals surface area contributed by atoms with Gasteiger partial charge >= 0.3 is 0 Å². The number of aryl methyl sites for hydroxylation is 1. The van der Waals surface area contributed by atoms with Gasteiger partial charge in [0.15, 0.2) is 5.82 Å². The van der Waals surface area contributed by atoms with Gasteiger partial charge in [-0.2, -0.15) is 0 Å². The molecule has 0 radical (unpaired) electrons. The van der Waals surface area contributed by atoms with Gasteiger partial charge in [-0.15, -0.1) is 10.2 Å². The molecule has 88 valence electrons. The van der Waals surface area contributed by atoms with E-state index in [0.717, 1.165) is 30.3 Å². The van der Waals surface area contributed by atoms with Crippen LogP contribution in [0, 0.1) is 6.92 Å². The van der Waals surface area contributed by atoms with Crippen molar-refractivity contribution < 1.29 is 0 Å². The number of benzene rings is 1. The molecule has 0 aliphatic carbocycles. The average molecular weight is 228 g/mol. The van der Waals surface area contributed by atoms with Crippen LogP contribution in [-0.2, 0) is 0 Å². The number of rotatable bonds is 2. The van der Waals surface area contributed by atoms with E-state index in [-0.39, 0.29) is 0 Å². The zero-order valence-electron chi connectivity index (χ0n) is 9.93. The van der Waals surface area contributed by atoms with E-state index in [1.165, 1.54) is 6.42 Å². The minimum atomic E-state index is 0.344. The molecule has 3 rings (SSSR count). The first-order valence-electron chi connectivity index (χ1n) is 6.07. The monoisotopic (exact) mass is 228 g/mol. The van der Waals surface area contributed by atoms with Crippen molar-refractivity contribution in [1.29, 1.82) is 0 Å². The second-order valence-corrected chi connectivity index (χ2v) is 4.43. The van der Waals surface area contributed by atoms with Gasteiger partial charge < -0.3 is 5.32 Å². The first-order valence-corrected chi connectivity index (χ1v) is 6.07. The molecule has 1 unspecified atom stereocenters. The fourth-order valence-corrected chi connectivity index (χ4v) is 2.41. The van der Waals surface area contributed by atoms with Gasteiger partial charge in [0, 0.05) is 5.69 Å². The standard InChI is InChI=1S/C13H16N4/c1-10-15-16-13(12-8-5-9-14-12)17(10)11-6-3-2-4-7-11/h2-4,6-7,12,14H,5,8-9H2,1H3. The first kappa shape index (κ1) is 10.5. The van der Waals surface area contributed by atoms with Gasteiger partial charge in [-0.3, -0.25) is 4.57 Å². The summed E-state index contributed by atoms with van der Waals surface area (Å²) in [6.07, 6.45) is 2.36. The van der Waals surface area contributed by atoms with Crippen molar-refractivity contribution >= 4 is 0 Å². The molecule has 4 heteroatoms. The Labute approximate surface area is 101 Å². The summed E-state index contributed by atoms with van der Waals surface area (Å²) in [5.74, 6) is 1.98. The van der Waals surface area contributed by atoms with Crippen LogP contribution < -0.4 is 5.32 Å². The van der Waals surface area contributed by atoms with Crippen molar-refractivity contribution in [2.24, 2.45) is 0 Å². The lowest BCUT2D eigenvalue weighted by Crippen LogP contribution is -2.17. The Morgan fingerprint density at radius 1 is 1.24 bits per heavy atom. The maximum absolute atomic E-state index is 4.32. The van der Waals surface area contributed by atoms with E-state index in [4.69, 9.17) is 0 Å². The highest BCUT2D eigenvalue weighted by Gasteiger charge is 2.23.